The van der Waals surface area contributed by atoms with Gasteiger partial charge in [-0.2, -0.15) is 5.26 Å². The molecule has 110 valence electrons. The van der Waals surface area contributed by atoms with E-state index in [1.807, 2.05) is 24.3 Å². The maximum absolute atomic E-state index is 11.7. The fourth-order valence-corrected chi connectivity index (χ4v) is 1.65. The Morgan fingerprint density at radius 1 is 1.18 bits per heavy atom. The summed E-state index contributed by atoms with van der Waals surface area (Å²) in [6.07, 6.45) is 0. The number of nitrogens with zero attached hydrogens (tertiary/aromatic N) is 2. The van der Waals surface area contributed by atoms with Crippen molar-refractivity contribution in [3.05, 3.63) is 65.7 Å². The van der Waals surface area contributed by atoms with E-state index in [9.17, 15) is 4.79 Å². The summed E-state index contributed by atoms with van der Waals surface area (Å²) in [4.78, 5) is 16.6. The molecule has 6 nitrogen and oxygen atoms in total. The molecule has 0 bridgehead atoms. The molecule has 0 aromatic heterocycles. The zero-order valence-electron chi connectivity index (χ0n) is 11.7. The number of oxime groups is 1. The molecule has 0 aliphatic rings. The summed E-state index contributed by atoms with van der Waals surface area (Å²) in [6.45, 7) is -0.256. The van der Waals surface area contributed by atoms with Gasteiger partial charge in [-0.3, -0.25) is 4.79 Å². The summed E-state index contributed by atoms with van der Waals surface area (Å²) < 4.78 is 0. The lowest BCUT2D eigenvalue weighted by molar-refractivity contribution is -0.120. The monoisotopic (exact) mass is 294 g/mol. The highest BCUT2D eigenvalue weighted by Gasteiger charge is 2.04. The van der Waals surface area contributed by atoms with Gasteiger partial charge in [-0.1, -0.05) is 35.5 Å². The first-order valence-electron chi connectivity index (χ1n) is 6.50. The van der Waals surface area contributed by atoms with E-state index in [4.69, 9.17) is 15.8 Å². The van der Waals surface area contributed by atoms with Crippen LogP contribution >= 0.6 is 0 Å². The number of hydrogen-bond acceptors (Lipinski definition) is 4. The molecule has 0 saturated heterocycles. The van der Waals surface area contributed by atoms with Gasteiger partial charge in [-0.15, -0.1) is 0 Å². The number of nitrogens with two attached hydrogens (primary N) is 1. The van der Waals surface area contributed by atoms with Crippen molar-refractivity contribution in [3.8, 4) is 6.07 Å². The summed E-state index contributed by atoms with van der Waals surface area (Å²) in [5.74, 6) is -0.166. The molecule has 2 rings (SSSR count). The van der Waals surface area contributed by atoms with E-state index in [2.05, 4.69) is 10.5 Å². The number of rotatable bonds is 5. The number of carbonyl (C=O) groups is 1. The standard InChI is InChI=1S/C16H14N4O2/c17-10-12-6-8-14(9-7-12)19-15(21)11-22-20-16(18)13-4-2-1-3-5-13/h1-9H,11H2,(H2,18,20)(H,19,21). The largest absolute Gasteiger partial charge is 0.384 e. The van der Waals surface area contributed by atoms with Gasteiger partial charge in [-0.05, 0) is 24.3 Å². The average Bonchev–Trinajstić information content (AvgIpc) is 2.56. The molecule has 0 aliphatic carbocycles. The quantitative estimate of drug-likeness (QED) is 0.499. The summed E-state index contributed by atoms with van der Waals surface area (Å²) in [5.41, 5.74) is 7.55. The molecule has 0 unspecified atom stereocenters. The number of carbonyl (C=O) groups excluding carboxylic acids is 1. The van der Waals surface area contributed by atoms with Crippen molar-refractivity contribution in [1.29, 1.82) is 5.26 Å². The molecular weight excluding hydrogens is 280 g/mol. The van der Waals surface area contributed by atoms with Crippen molar-refractivity contribution in [1.82, 2.24) is 0 Å². The Bertz CT molecular complexity index is 703. The van der Waals surface area contributed by atoms with E-state index in [1.54, 1.807) is 36.4 Å². The number of benzene rings is 2. The third kappa shape index (κ3) is 4.35. The number of nitrogens with one attached hydrogen (secondary N) is 1. The van der Waals surface area contributed by atoms with Gasteiger partial charge >= 0.3 is 0 Å². The molecule has 22 heavy (non-hydrogen) atoms. The predicted octanol–water partition coefficient (Wildman–Crippen LogP) is 1.83. The zero-order valence-corrected chi connectivity index (χ0v) is 11.7. The SMILES string of the molecule is N#Cc1ccc(NC(=O)CO/N=C(/N)c2ccccc2)cc1. The molecule has 2 aromatic carbocycles. The van der Waals surface area contributed by atoms with E-state index in [0.29, 0.717) is 11.3 Å². The van der Waals surface area contributed by atoms with Crippen molar-refractivity contribution in [2.45, 2.75) is 0 Å². The van der Waals surface area contributed by atoms with Crippen molar-refractivity contribution >= 4 is 17.4 Å². The van der Waals surface area contributed by atoms with E-state index >= 15 is 0 Å². The second-order valence-corrected chi connectivity index (χ2v) is 4.35. The first-order chi connectivity index (χ1) is 10.7. The van der Waals surface area contributed by atoms with E-state index in [-0.39, 0.29) is 18.3 Å². The Kier molecular flexibility index (Phi) is 5.10. The molecular formula is C16H14N4O2. The summed E-state index contributed by atoms with van der Waals surface area (Å²) in [7, 11) is 0. The van der Waals surface area contributed by atoms with Crippen LogP contribution in [0.4, 0.5) is 5.69 Å². The van der Waals surface area contributed by atoms with Crippen LogP contribution in [0.2, 0.25) is 0 Å². The van der Waals surface area contributed by atoms with Crippen LogP contribution in [0.15, 0.2) is 59.8 Å². The molecule has 0 fully saturated rings. The summed E-state index contributed by atoms with van der Waals surface area (Å²) in [6, 6.07) is 17.6. The lowest BCUT2D eigenvalue weighted by Gasteiger charge is -2.05. The van der Waals surface area contributed by atoms with E-state index in [0.717, 1.165) is 5.56 Å². The van der Waals surface area contributed by atoms with Gasteiger partial charge in [0.25, 0.3) is 5.91 Å². The smallest absolute Gasteiger partial charge is 0.265 e. The van der Waals surface area contributed by atoms with Gasteiger partial charge in [0.05, 0.1) is 11.6 Å². The maximum Gasteiger partial charge on any atom is 0.265 e. The first-order valence-corrected chi connectivity index (χ1v) is 6.50. The Hall–Kier alpha value is -3.33. The average molecular weight is 294 g/mol. The fraction of sp³-hybridized carbons (Fsp3) is 0.0625. The highest BCUT2D eigenvalue weighted by molar-refractivity contribution is 5.97. The van der Waals surface area contributed by atoms with Crippen LogP contribution < -0.4 is 11.1 Å². The molecule has 1 amide bonds. The highest BCUT2D eigenvalue weighted by atomic mass is 16.6. The number of anilines is 1. The first kappa shape index (κ1) is 15.1. The maximum atomic E-state index is 11.7. The third-order valence-corrected chi connectivity index (χ3v) is 2.73. The minimum Gasteiger partial charge on any atom is -0.384 e. The second kappa shape index (κ2) is 7.45. The molecule has 0 radical (unpaired) electrons. The molecule has 0 aliphatic heterocycles. The summed E-state index contributed by atoms with van der Waals surface area (Å²) in [5, 5.41) is 15.0. The lowest BCUT2D eigenvalue weighted by atomic mass is 10.2. The van der Waals surface area contributed by atoms with Crippen LogP contribution in [-0.2, 0) is 9.63 Å². The van der Waals surface area contributed by atoms with Gasteiger partial charge in [0.1, 0.15) is 0 Å². The Morgan fingerprint density at radius 3 is 2.50 bits per heavy atom. The minimum atomic E-state index is -0.366. The topological polar surface area (TPSA) is 100 Å². The van der Waals surface area contributed by atoms with Gasteiger partial charge in [0, 0.05) is 11.3 Å². The Morgan fingerprint density at radius 2 is 1.86 bits per heavy atom. The molecule has 3 N–H and O–H groups in total. The van der Waals surface area contributed by atoms with Crippen LogP contribution in [0.3, 0.4) is 0 Å². The third-order valence-electron chi connectivity index (χ3n) is 2.73. The van der Waals surface area contributed by atoms with Crippen LogP contribution in [0.25, 0.3) is 0 Å². The van der Waals surface area contributed by atoms with Gasteiger partial charge in [0.15, 0.2) is 12.4 Å². The lowest BCUT2D eigenvalue weighted by Crippen LogP contribution is -2.19. The van der Waals surface area contributed by atoms with E-state index < -0.39 is 0 Å². The molecule has 2 aromatic rings. The zero-order chi connectivity index (χ0) is 15.8. The number of nitriles is 1. The second-order valence-electron chi connectivity index (χ2n) is 4.35. The molecule has 0 saturated carbocycles. The molecule has 6 heteroatoms. The molecule has 0 heterocycles. The van der Waals surface area contributed by atoms with Gasteiger partial charge < -0.3 is 15.9 Å². The van der Waals surface area contributed by atoms with Gasteiger partial charge in [0.2, 0.25) is 0 Å². The minimum absolute atomic E-state index is 0.201. The molecule has 0 spiro atoms. The van der Waals surface area contributed by atoms with Gasteiger partial charge in [-0.25, -0.2) is 0 Å². The van der Waals surface area contributed by atoms with Crippen molar-refractivity contribution in [2.24, 2.45) is 10.9 Å². The van der Waals surface area contributed by atoms with E-state index in [1.165, 1.54) is 0 Å². The van der Waals surface area contributed by atoms with Crippen LogP contribution in [0.1, 0.15) is 11.1 Å². The van der Waals surface area contributed by atoms with Crippen molar-refractivity contribution < 1.29 is 9.63 Å². The van der Waals surface area contributed by atoms with Crippen LogP contribution in [-0.4, -0.2) is 18.3 Å². The predicted molar refractivity (Wildman–Crippen MR) is 82.9 cm³/mol. The highest BCUT2D eigenvalue weighted by Crippen LogP contribution is 2.08. The van der Waals surface area contributed by atoms with Crippen molar-refractivity contribution in [2.75, 3.05) is 11.9 Å². The number of amidine groups is 1. The van der Waals surface area contributed by atoms with Crippen LogP contribution in [0.5, 0.6) is 0 Å². The fourth-order valence-electron chi connectivity index (χ4n) is 1.65. The molecule has 0 atom stereocenters. The van der Waals surface area contributed by atoms with Crippen molar-refractivity contribution in [3.63, 3.8) is 0 Å². The summed E-state index contributed by atoms with van der Waals surface area (Å²) >= 11 is 0. The van der Waals surface area contributed by atoms with Crippen LogP contribution in [0, 0.1) is 11.3 Å². The number of amides is 1. The Balaban J connectivity index is 1.84. The number of hydrogen-bond donors (Lipinski definition) is 2. The normalized spacial score (nSPS) is 10.6. The Labute approximate surface area is 127 Å².